The normalized spacial score (nSPS) is 29.3. The highest BCUT2D eigenvalue weighted by molar-refractivity contribution is 5.20. The Hall–Kier alpha value is -0.860. The van der Waals surface area contributed by atoms with Crippen molar-refractivity contribution in [3.63, 3.8) is 0 Å². The van der Waals surface area contributed by atoms with E-state index in [9.17, 15) is 0 Å². The van der Waals surface area contributed by atoms with Crippen LogP contribution in [0, 0.1) is 11.8 Å². The quantitative estimate of drug-likeness (QED) is 0.883. The standard InChI is InChI=1S/C18H28N2/c1-14-10-15(2)13-20(12-14)18(11-19-17-8-9-17)16-6-4-3-5-7-16/h3-7,14-15,17-19H,8-13H2,1-2H3. The van der Waals surface area contributed by atoms with Crippen LogP contribution in [0.2, 0.25) is 0 Å². The summed E-state index contributed by atoms with van der Waals surface area (Å²) in [5, 5.41) is 3.74. The van der Waals surface area contributed by atoms with Crippen LogP contribution >= 0.6 is 0 Å². The molecule has 1 saturated heterocycles. The molecule has 1 saturated carbocycles. The Labute approximate surface area is 123 Å². The number of benzene rings is 1. The summed E-state index contributed by atoms with van der Waals surface area (Å²) >= 11 is 0. The topological polar surface area (TPSA) is 15.3 Å². The molecule has 2 nitrogen and oxygen atoms in total. The lowest BCUT2D eigenvalue weighted by atomic mass is 9.89. The summed E-state index contributed by atoms with van der Waals surface area (Å²) in [6.07, 6.45) is 4.12. The van der Waals surface area contributed by atoms with Crippen molar-refractivity contribution >= 4 is 0 Å². The van der Waals surface area contributed by atoms with Crippen LogP contribution < -0.4 is 5.32 Å². The monoisotopic (exact) mass is 272 g/mol. The Morgan fingerprint density at radius 1 is 1.10 bits per heavy atom. The van der Waals surface area contributed by atoms with Gasteiger partial charge in [0.15, 0.2) is 0 Å². The van der Waals surface area contributed by atoms with E-state index in [4.69, 9.17) is 0 Å². The molecule has 1 aromatic carbocycles. The second-order valence-electron chi connectivity index (χ2n) is 7.01. The summed E-state index contributed by atoms with van der Waals surface area (Å²) in [4.78, 5) is 2.71. The van der Waals surface area contributed by atoms with E-state index in [1.54, 1.807) is 0 Å². The summed E-state index contributed by atoms with van der Waals surface area (Å²) < 4.78 is 0. The molecule has 0 spiro atoms. The molecule has 1 aliphatic carbocycles. The van der Waals surface area contributed by atoms with Gasteiger partial charge in [0.2, 0.25) is 0 Å². The molecule has 1 heterocycles. The number of piperidine rings is 1. The van der Waals surface area contributed by atoms with Gasteiger partial charge in [0.25, 0.3) is 0 Å². The van der Waals surface area contributed by atoms with Gasteiger partial charge >= 0.3 is 0 Å². The molecule has 1 aliphatic heterocycles. The maximum Gasteiger partial charge on any atom is 0.0472 e. The molecule has 0 radical (unpaired) electrons. The largest absolute Gasteiger partial charge is 0.312 e. The highest BCUT2D eigenvalue weighted by atomic mass is 15.2. The number of likely N-dealkylation sites (tertiary alicyclic amines) is 1. The van der Waals surface area contributed by atoms with Gasteiger partial charge in [0.05, 0.1) is 0 Å². The Balaban J connectivity index is 1.73. The van der Waals surface area contributed by atoms with Crippen LogP contribution in [0.15, 0.2) is 30.3 Å². The van der Waals surface area contributed by atoms with Gasteiger partial charge in [0, 0.05) is 31.7 Å². The second kappa shape index (κ2) is 6.28. The Kier molecular flexibility index (Phi) is 4.42. The van der Waals surface area contributed by atoms with Crippen molar-refractivity contribution in [2.24, 2.45) is 11.8 Å². The van der Waals surface area contributed by atoms with E-state index < -0.39 is 0 Å². The molecule has 0 amide bonds. The van der Waals surface area contributed by atoms with E-state index in [0.717, 1.165) is 24.4 Å². The predicted octanol–water partition coefficient (Wildman–Crippen LogP) is 3.46. The lowest BCUT2D eigenvalue weighted by Gasteiger charge is -2.40. The number of nitrogens with one attached hydrogen (secondary N) is 1. The molecular formula is C18H28N2. The molecule has 0 bridgehead atoms. The maximum absolute atomic E-state index is 3.74. The first-order valence-electron chi connectivity index (χ1n) is 8.24. The molecule has 0 aromatic heterocycles. The second-order valence-corrected chi connectivity index (χ2v) is 7.01. The van der Waals surface area contributed by atoms with Crippen molar-refractivity contribution in [2.75, 3.05) is 19.6 Å². The molecule has 110 valence electrons. The highest BCUT2D eigenvalue weighted by Crippen LogP contribution is 2.30. The van der Waals surface area contributed by atoms with E-state index in [-0.39, 0.29) is 0 Å². The molecule has 1 aromatic rings. The minimum absolute atomic E-state index is 0.544. The fraction of sp³-hybridized carbons (Fsp3) is 0.667. The SMILES string of the molecule is CC1CC(C)CN(C(CNC2CC2)c2ccccc2)C1. The first-order chi connectivity index (χ1) is 9.72. The summed E-state index contributed by atoms with van der Waals surface area (Å²) in [6.45, 7) is 8.40. The van der Waals surface area contributed by atoms with Crippen molar-refractivity contribution in [1.82, 2.24) is 10.2 Å². The van der Waals surface area contributed by atoms with E-state index in [1.807, 2.05) is 0 Å². The van der Waals surface area contributed by atoms with Crippen LogP contribution in [0.3, 0.4) is 0 Å². The van der Waals surface area contributed by atoms with Gasteiger partial charge < -0.3 is 5.32 Å². The van der Waals surface area contributed by atoms with Gasteiger partial charge in [-0.05, 0) is 36.7 Å². The van der Waals surface area contributed by atoms with E-state index in [0.29, 0.717) is 6.04 Å². The number of nitrogens with zero attached hydrogens (tertiary/aromatic N) is 1. The Morgan fingerprint density at radius 2 is 1.75 bits per heavy atom. The van der Waals surface area contributed by atoms with Crippen LogP contribution in [-0.2, 0) is 0 Å². The summed E-state index contributed by atoms with van der Waals surface area (Å²) in [5.74, 6) is 1.65. The lowest BCUT2D eigenvalue weighted by molar-refractivity contribution is 0.0940. The van der Waals surface area contributed by atoms with Gasteiger partial charge in [0.1, 0.15) is 0 Å². The van der Waals surface area contributed by atoms with Crippen molar-refractivity contribution in [1.29, 1.82) is 0 Å². The predicted molar refractivity (Wildman–Crippen MR) is 84.7 cm³/mol. The van der Waals surface area contributed by atoms with E-state index >= 15 is 0 Å². The van der Waals surface area contributed by atoms with Gasteiger partial charge in [-0.15, -0.1) is 0 Å². The average molecular weight is 272 g/mol. The fourth-order valence-electron chi connectivity index (χ4n) is 3.66. The Bertz CT molecular complexity index is 403. The van der Waals surface area contributed by atoms with Gasteiger partial charge in [-0.3, -0.25) is 4.90 Å². The summed E-state index contributed by atoms with van der Waals surface area (Å²) in [6, 6.07) is 12.4. The van der Waals surface area contributed by atoms with Crippen LogP contribution in [0.25, 0.3) is 0 Å². The van der Waals surface area contributed by atoms with Crippen LogP contribution in [0.4, 0.5) is 0 Å². The molecule has 3 atom stereocenters. The zero-order valence-electron chi connectivity index (χ0n) is 12.9. The van der Waals surface area contributed by atoms with Crippen molar-refractivity contribution in [3.05, 3.63) is 35.9 Å². The van der Waals surface area contributed by atoms with Gasteiger partial charge in [-0.1, -0.05) is 44.2 Å². The van der Waals surface area contributed by atoms with Crippen molar-refractivity contribution in [2.45, 2.75) is 45.2 Å². The van der Waals surface area contributed by atoms with Gasteiger partial charge in [-0.25, -0.2) is 0 Å². The third-order valence-corrected chi connectivity index (χ3v) is 4.70. The smallest absolute Gasteiger partial charge is 0.0472 e. The third-order valence-electron chi connectivity index (χ3n) is 4.70. The van der Waals surface area contributed by atoms with Crippen LogP contribution in [0.5, 0.6) is 0 Å². The first-order valence-corrected chi connectivity index (χ1v) is 8.24. The minimum atomic E-state index is 0.544. The molecule has 2 aliphatic rings. The lowest BCUT2D eigenvalue weighted by Crippen LogP contribution is -2.44. The Morgan fingerprint density at radius 3 is 2.35 bits per heavy atom. The van der Waals surface area contributed by atoms with Crippen molar-refractivity contribution in [3.8, 4) is 0 Å². The average Bonchev–Trinajstić information content (AvgIpc) is 3.23. The number of hydrogen-bond acceptors (Lipinski definition) is 2. The molecule has 1 N–H and O–H groups in total. The van der Waals surface area contributed by atoms with E-state index in [2.05, 4.69) is 54.4 Å². The summed E-state index contributed by atoms with van der Waals surface area (Å²) in [7, 11) is 0. The molecular weight excluding hydrogens is 244 g/mol. The molecule has 3 unspecified atom stereocenters. The maximum atomic E-state index is 3.74. The summed E-state index contributed by atoms with van der Waals surface area (Å²) in [5.41, 5.74) is 1.47. The minimum Gasteiger partial charge on any atom is -0.312 e. The van der Waals surface area contributed by atoms with Crippen LogP contribution in [0.1, 0.15) is 44.7 Å². The molecule has 20 heavy (non-hydrogen) atoms. The fourth-order valence-corrected chi connectivity index (χ4v) is 3.66. The molecule has 2 fully saturated rings. The van der Waals surface area contributed by atoms with Crippen LogP contribution in [-0.4, -0.2) is 30.6 Å². The zero-order valence-corrected chi connectivity index (χ0v) is 12.9. The molecule has 3 rings (SSSR count). The third kappa shape index (κ3) is 3.62. The zero-order chi connectivity index (χ0) is 13.9. The first kappa shape index (κ1) is 14.1. The number of hydrogen-bond donors (Lipinski definition) is 1. The van der Waals surface area contributed by atoms with Crippen molar-refractivity contribution < 1.29 is 0 Å². The van der Waals surface area contributed by atoms with Gasteiger partial charge in [-0.2, -0.15) is 0 Å². The molecule has 2 heteroatoms. The highest BCUT2D eigenvalue weighted by Gasteiger charge is 2.30. The number of rotatable bonds is 5. The van der Waals surface area contributed by atoms with E-state index in [1.165, 1.54) is 37.9 Å².